The molecule has 0 unspecified atom stereocenters. The highest BCUT2D eigenvalue weighted by Gasteiger charge is 2.15. The molecule has 5 heteroatoms. The molecule has 0 atom stereocenters. The Kier molecular flexibility index (Phi) is 3.87. The maximum atomic E-state index is 5.19. The molecule has 0 saturated carbocycles. The molecule has 106 valence electrons. The van der Waals surface area contributed by atoms with Gasteiger partial charge in [0.2, 0.25) is 0 Å². The Morgan fingerprint density at radius 2 is 1.95 bits per heavy atom. The highest BCUT2D eigenvalue weighted by atomic mass is 16.5. The minimum absolute atomic E-state index is 0.864. The first-order chi connectivity index (χ1) is 9.86. The number of nitrogens with zero attached hydrogens (tertiary/aromatic N) is 2. The fourth-order valence-electron chi connectivity index (χ4n) is 2.56. The Morgan fingerprint density at radius 3 is 2.65 bits per heavy atom. The summed E-state index contributed by atoms with van der Waals surface area (Å²) in [5, 5.41) is 10.7. The molecule has 2 N–H and O–H groups in total. The molecule has 0 spiro atoms. The fourth-order valence-corrected chi connectivity index (χ4v) is 2.56. The number of H-pyrrole nitrogens is 1. The van der Waals surface area contributed by atoms with E-state index in [1.54, 1.807) is 7.11 Å². The van der Waals surface area contributed by atoms with Crippen molar-refractivity contribution in [3.05, 3.63) is 41.7 Å². The first-order valence-corrected chi connectivity index (χ1v) is 6.97. The average Bonchev–Trinajstić information content (AvgIpc) is 2.97. The minimum Gasteiger partial charge on any atom is -0.497 e. The predicted molar refractivity (Wildman–Crippen MR) is 79.5 cm³/mol. The SMILES string of the molecule is COc1ccc(Cc2[nH]ncc2N2CCNCC2)cc1. The third-order valence-electron chi connectivity index (χ3n) is 3.69. The number of ether oxygens (including phenoxy) is 1. The van der Waals surface area contributed by atoms with E-state index in [1.165, 1.54) is 16.9 Å². The predicted octanol–water partition coefficient (Wildman–Crippen LogP) is 1.42. The summed E-state index contributed by atoms with van der Waals surface area (Å²) in [7, 11) is 1.69. The summed E-state index contributed by atoms with van der Waals surface area (Å²) >= 11 is 0. The summed E-state index contributed by atoms with van der Waals surface area (Å²) in [6.45, 7) is 4.14. The van der Waals surface area contributed by atoms with E-state index in [0.29, 0.717) is 0 Å². The van der Waals surface area contributed by atoms with Crippen LogP contribution < -0.4 is 15.0 Å². The average molecular weight is 272 g/mol. The molecular formula is C15H20N4O. The maximum absolute atomic E-state index is 5.19. The van der Waals surface area contributed by atoms with Gasteiger partial charge in [0.1, 0.15) is 5.75 Å². The van der Waals surface area contributed by atoms with Crippen LogP contribution in [0.5, 0.6) is 5.75 Å². The topological polar surface area (TPSA) is 53.2 Å². The summed E-state index contributed by atoms with van der Waals surface area (Å²) in [5.41, 5.74) is 3.66. The van der Waals surface area contributed by atoms with Gasteiger partial charge >= 0.3 is 0 Å². The first-order valence-electron chi connectivity index (χ1n) is 6.97. The first kappa shape index (κ1) is 13.0. The van der Waals surface area contributed by atoms with Crippen molar-refractivity contribution in [3.8, 4) is 5.75 Å². The van der Waals surface area contributed by atoms with Gasteiger partial charge in [-0.1, -0.05) is 12.1 Å². The lowest BCUT2D eigenvalue weighted by Crippen LogP contribution is -2.43. The highest BCUT2D eigenvalue weighted by Crippen LogP contribution is 2.22. The summed E-state index contributed by atoms with van der Waals surface area (Å²) < 4.78 is 5.19. The Morgan fingerprint density at radius 1 is 1.20 bits per heavy atom. The summed E-state index contributed by atoms with van der Waals surface area (Å²) in [4.78, 5) is 2.39. The molecule has 0 aliphatic carbocycles. The van der Waals surface area contributed by atoms with Gasteiger partial charge in [0, 0.05) is 32.6 Å². The smallest absolute Gasteiger partial charge is 0.118 e. The minimum atomic E-state index is 0.864. The number of anilines is 1. The van der Waals surface area contributed by atoms with Gasteiger partial charge in [-0.05, 0) is 17.7 Å². The molecule has 0 bridgehead atoms. The molecule has 2 heterocycles. The Bertz CT molecular complexity index is 543. The maximum Gasteiger partial charge on any atom is 0.118 e. The second kappa shape index (κ2) is 5.96. The Labute approximate surface area is 118 Å². The third-order valence-corrected chi connectivity index (χ3v) is 3.69. The summed E-state index contributed by atoms with van der Waals surface area (Å²) in [6.07, 6.45) is 2.80. The third kappa shape index (κ3) is 2.77. The van der Waals surface area contributed by atoms with Gasteiger partial charge in [0.15, 0.2) is 0 Å². The van der Waals surface area contributed by atoms with Crippen molar-refractivity contribution in [3.63, 3.8) is 0 Å². The zero-order chi connectivity index (χ0) is 13.8. The van der Waals surface area contributed by atoms with E-state index in [2.05, 4.69) is 32.5 Å². The number of methoxy groups -OCH3 is 1. The van der Waals surface area contributed by atoms with E-state index < -0.39 is 0 Å². The van der Waals surface area contributed by atoms with Crippen LogP contribution in [-0.2, 0) is 6.42 Å². The number of nitrogens with one attached hydrogen (secondary N) is 2. The molecule has 3 rings (SSSR count). The summed E-state index contributed by atoms with van der Waals surface area (Å²) in [6, 6.07) is 8.19. The molecule has 1 saturated heterocycles. The van der Waals surface area contributed by atoms with Gasteiger partial charge in [-0.25, -0.2) is 0 Å². The van der Waals surface area contributed by atoms with E-state index in [4.69, 9.17) is 4.74 Å². The van der Waals surface area contributed by atoms with Crippen LogP contribution in [0.1, 0.15) is 11.3 Å². The quantitative estimate of drug-likeness (QED) is 0.884. The van der Waals surface area contributed by atoms with E-state index in [1.807, 2.05) is 18.3 Å². The van der Waals surface area contributed by atoms with Crippen molar-refractivity contribution in [2.24, 2.45) is 0 Å². The van der Waals surface area contributed by atoms with E-state index in [0.717, 1.165) is 38.3 Å². The normalized spacial score (nSPS) is 15.3. The molecule has 0 radical (unpaired) electrons. The number of hydrogen-bond acceptors (Lipinski definition) is 4. The highest BCUT2D eigenvalue weighted by molar-refractivity contribution is 5.51. The monoisotopic (exact) mass is 272 g/mol. The molecule has 2 aromatic rings. The van der Waals surface area contributed by atoms with Gasteiger partial charge in [0.05, 0.1) is 24.7 Å². The van der Waals surface area contributed by atoms with Crippen molar-refractivity contribution in [2.45, 2.75) is 6.42 Å². The molecule has 20 heavy (non-hydrogen) atoms. The van der Waals surface area contributed by atoms with E-state index in [-0.39, 0.29) is 0 Å². The molecule has 1 aliphatic heterocycles. The van der Waals surface area contributed by atoms with Crippen molar-refractivity contribution >= 4 is 5.69 Å². The van der Waals surface area contributed by atoms with Crippen molar-refractivity contribution in [1.29, 1.82) is 0 Å². The lowest BCUT2D eigenvalue weighted by molar-refractivity contribution is 0.414. The van der Waals surface area contributed by atoms with Crippen LogP contribution in [-0.4, -0.2) is 43.5 Å². The molecule has 1 fully saturated rings. The molecule has 0 amide bonds. The fraction of sp³-hybridized carbons (Fsp3) is 0.400. The van der Waals surface area contributed by atoms with Crippen molar-refractivity contribution < 1.29 is 4.74 Å². The van der Waals surface area contributed by atoms with Gasteiger partial charge in [-0.2, -0.15) is 5.10 Å². The van der Waals surface area contributed by atoms with Crippen molar-refractivity contribution in [1.82, 2.24) is 15.5 Å². The van der Waals surface area contributed by atoms with E-state index in [9.17, 15) is 0 Å². The van der Waals surface area contributed by atoms with Gasteiger partial charge in [-0.15, -0.1) is 0 Å². The lowest BCUT2D eigenvalue weighted by atomic mass is 10.1. The molecular weight excluding hydrogens is 252 g/mol. The number of aromatic nitrogens is 2. The lowest BCUT2D eigenvalue weighted by Gasteiger charge is -2.29. The zero-order valence-electron chi connectivity index (χ0n) is 11.7. The molecule has 1 aromatic heterocycles. The molecule has 1 aromatic carbocycles. The van der Waals surface area contributed by atoms with Crippen LogP contribution in [0, 0.1) is 0 Å². The molecule has 1 aliphatic rings. The Hall–Kier alpha value is -2.01. The number of piperazine rings is 1. The van der Waals surface area contributed by atoms with Crippen molar-refractivity contribution in [2.75, 3.05) is 38.2 Å². The second-order valence-electron chi connectivity index (χ2n) is 5.00. The van der Waals surface area contributed by atoms with Crippen LogP contribution >= 0.6 is 0 Å². The Balaban J connectivity index is 1.75. The van der Waals surface area contributed by atoms with E-state index >= 15 is 0 Å². The van der Waals surface area contributed by atoms with Crippen LogP contribution in [0.15, 0.2) is 30.5 Å². The number of rotatable bonds is 4. The van der Waals surface area contributed by atoms with Gasteiger partial charge in [-0.3, -0.25) is 5.10 Å². The number of benzene rings is 1. The second-order valence-corrected chi connectivity index (χ2v) is 5.00. The van der Waals surface area contributed by atoms with Gasteiger partial charge < -0.3 is 15.0 Å². The number of aromatic amines is 1. The molecule has 5 nitrogen and oxygen atoms in total. The van der Waals surface area contributed by atoms with Gasteiger partial charge in [0.25, 0.3) is 0 Å². The summed E-state index contributed by atoms with van der Waals surface area (Å²) in [5.74, 6) is 0.890. The largest absolute Gasteiger partial charge is 0.497 e. The standard InChI is InChI=1S/C15H20N4O/c1-20-13-4-2-12(3-5-13)10-14-15(11-17-18-14)19-8-6-16-7-9-19/h2-5,11,16H,6-10H2,1H3,(H,17,18). The number of hydrogen-bond donors (Lipinski definition) is 2. The zero-order valence-corrected chi connectivity index (χ0v) is 11.7. The van der Waals surface area contributed by atoms with Crippen LogP contribution in [0.2, 0.25) is 0 Å². The van der Waals surface area contributed by atoms with Crippen LogP contribution in [0.3, 0.4) is 0 Å². The van der Waals surface area contributed by atoms with Crippen LogP contribution in [0.4, 0.5) is 5.69 Å². The van der Waals surface area contributed by atoms with Crippen LogP contribution in [0.25, 0.3) is 0 Å².